The number of aliphatic hydroxyl groups excluding tert-OH is 1. The average molecular weight is 343 g/mol. The maximum absolute atomic E-state index is 10.2. The van der Waals surface area contributed by atoms with Crippen LogP contribution in [0.5, 0.6) is 11.5 Å². The highest BCUT2D eigenvalue weighted by Crippen LogP contribution is 2.19. The molecule has 0 bridgehead atoms. The van der Waals surface area contributed by atoms with Gasteiger partial charge in [-0.1, -0.05) is 12.1 Å². The zero-order chi connectivity index (χ0) is 17.5. The Kier molecular flexibility index (Phi) is 6.09. The number of benzene rings is 1. The Hall–Kier alpha value is -2.31. The largest absolute Gasteiger partial charge is 0.497 e. The second-order valence-corrected chi connectivity index (χ2v) is 6.12. The Balaban J connectivity index is 1.41. The van der Waals surface area contributed by atoms with Crippen LogP contribution in [0, 0.1) is 0 Å². The van der Waals surface area contributed by atoms with Crippen LogP contribution >= 0.6 is 0 Å². The molecule has 0 radical (unpaired) electrons. The Morgan fingerprint density at radius 2 is 1.88 bits per heavy atom. The van der Waals surface area contributed by atoms with Crippen molar-refractivity contribution < 1.29 is 14.6 Å². The molecule has 1 aliphatic heterocycles. The van der Waals surface area contributed by atoms with Crippen LogP contribution in [0.25, 0.3) is 0 Å². The number of nitrogens with zero attached hydrogens (tertiary/aromatic N) is 3. The Bertz CT molecular complexity index is 645. The molecule has 3 rings (SSSR count). The van der Waals surface area contributed by atoms with Crippen LogP contribution in [0.1, 0.15) is 0 Å². The van der Waals surface area contributed by atoms with Crippen molar-refractivity contribution in [2.45, 2.75) is 6.10 Å². The number of pyridine rings is 1. The molecule has 1 fully saturated rings. The smallest absolute Gasteiger partial charge is 0.128 e. The summed E-state index contributed by atoms with van der Waals surface area (Å²) in [5, 5.41) is 10.2. The lowest BCUT2D eigenvalue weighted by Crippen LogP contribution is -2.49. The Morgan fingerprint density at radius 1 is 1.08 bits per heavy atom. The summed E-state index contributed by atoms with van der Waals surface area (Å²) in [5.41, 5.74) is 0. The Labute approximate surface area is 148 Å². The van der Waals surface area contributed by atoms with Gasteiger partial charge in [-0.2, -0.15) is 0 Å². The molecular formula is C19H25N3O3. The summed E-state index contributed by atoms with van der Waals surface area (Å²) in [4.78, 5) is 8.93. The monoisotopic (exact) mass is 343 g/mol. The number of piperazine rings is 1. The topological polar surface area (TPSA) is 58.1 Å². The zero-order valence-corrected chi connectivity index (χ0v) is 14.5. The molecule has 6 nitrogen and oxygen atoms in total. The molecule has 0 unspecified atom stereocenters. The van der Waals surface area contributed by atoms with Gasteiger partial charge in [-0.15, -0.1) is 0 Å². The third-order valence-corrected chi connectivity index (χ3v) is 4.30. The van der Waals surface area contributed by atoms with Crippen LogP contribution in [0.3, 0.4) is 0 Å². The van der Waals surface area contributed by atoms with Gasteiger partial charge < -0.3 is 19.5 Å². The van der Waals surface area contributed by atoms with Crippen molar-refractivity contribution in [1.82, 2.24) is 9.88 Å². The van der Waals surface area contributed by atoms with Crippen molar-refractivity contribution in [3.8, 4) is 11.5 Å². The number of anilines is 1. The van der Waals surface area contributed by atoms with Crippen molar-refractivity contribution in [2.75, 3.05) is 51.3 Å². The minimum Gasteiger partial charge on any atom is -0.497 e. The maximum atomic E-state index is 10.2. The molecule has 0 amide bonds. The van der Waals surface area contributed by atoms with Crippen molar-refractivity contribution in [2.24, 2.45) is 0 Å². The summed E-state index contributed by atoms with van der Waals surface area (Å²) in [6, 6.07) is 13.4. The van der Waals surface area contributed by atoms with E-state index in [1.807, 2.05) is 48.7 Å². The molecule has 134 valence electrons. The maximum Gasteiger partial charge on any atom is 0.128 e. The van der Waals surface area contributed by atoms with E-state index in [9.17, 15) is 5.11 Å². The first-order chi connectivity index (χ1) is 12.2. The Morgan fingerprint density at radius 3 is 2.60 bits per heavy atom. The van der Waals surface area contributed by atoms with Crippen molar-refractivity contribution in [1.29, 1.82) is 0 Å². The number of ether oxygens (including phenoxy) is 2. The lowest BCUT2D eigenvalue weighted by Gasteiger charge is -2.36. The van der Waals surface area contributed by atoms with Gasteiger partial charge in [0.1, 0.15) is 30.0 Å². The predicted molar refractivity (Wildman–Crippen MR) is 97.4 cm³/mol. The molecule has 0 spiro atoms. The van der Waals surface area contributed by atoms with Crippen LogP contribution in [0.4, 0.5) is 5.82 Å². The van der Waals surface area contributed by atoms with E-state index in [0.717, 1.165) is 37.7 Å². The highest BCUT2D eigenvalue weighted by Gasteiger charge is 2.20. The predicted octanol–water partition coefficient (Wildman–Crippen LogP) is 1.65. The molecule has 1 N–H and O–H groups in total. The molecule has 0 aliphatic carbocycles. The van der Waals surface area contributed by atoms with Crippen molar-refractivity contribution in [3.63, 3.8) is 0 Å². The first-order valence-corrected chi connectivity index (χ1v) is 8.58. The highest BCUT2D eigenvalue weighted by molar-refractivity contribution is 5.38. The van der Waals surface area contributed by atoms with E-state index in [4.69, 9.17) is 9.47 Å². The second kappa shape index (κ2) is 8.69. The molecule has 1 aliphatic rings. The molecule has 2 aromatic rings. The van der Waals surface area contributed by atoms with Gasteiger partial charge in [0, 0.05) is 45.0 Å². The fourth-order valence-corrected chi connectivity index (χ4v) is 2.93. The van der Waals surface area contributed by atoms with Gasteiger partial charge in [-0.3, -0.25) is 4.90 Å². The molecule has 6 heteroatoms. The first-order valence-electron chi connectivity index (χ1n) is 8.58. The van der Waals surface area contributed by atoms with Crippen LogP contribution in [-0.4, -0.2) is 67.5 Å². The lowest BCUT2D eigenvalue weighted by atomic mass is 10.2. The van der Waals surface area contributed by atoms with Crippen molar-refractivity contribution in [3.05, 3.63) is 48.7 Å². The van der Waals surface area contributed by atoms with Gasteiger partial charge >= 0.3 is 0 Å². The summed E-state index contributed by atoms with van der Waals surface area (Å²) in [7, 11) is 1.62. The molecule has 1 aromatic carbocycles. The molecule has 25 heavy (non-hydrogen) atoms. The van der Waals surface area contributed by atoms with Crippen molar-refractivity contribution >= 4 is 5.82 Å². The normalized spacial score (nSPS) is 16.5. The quantitative estimate of drug-likeness (QED) is 0.825. The van der Waals surface area contributed by atoms with Gasteiger partial charge in [-0.25, -0.2) is 4.98 Å². The molecule has 1 aromatic heterocycles. The van der Waals surface area contributed by atoms with Gasteiger partial charge in [-0.05, 0) is 24.3 Å². The summed E-state index contributed by atoms with van der Waals surface area (Å²) in [6.45, 7) is 4.54. The van der Waals surface area contributed by atoms with E-state index in [1.165, 1.54) is 0 Å². The number of aliphatic hydroxyl groups is 1. The van der Waals surface area contributed by atoms with E-state index in [2.05, 4.69) is 14.8 Å². The van der Waals surface area contributed by atoms with Crippen LogP contribution in [0.15, 0.2) is 48.7 Å². The lowest BCUT2D eigenvalue weighted by molar-refractivity contribution is 0.0662. The average Bonchev–Trinajstić information content (AvgIpc) is 2.68. The van der Waals surface area contributed by atoms with Gasteiger partial charge in [0.15, 0.2) is 0 Å². The molecule has 1 atom stereocenters. The van der Waals surface area contributed by atoms with Gasteiger partial charge in [0.2, 0.25) is 0 Å². The summed E-state index contributed by atoms with van der Waals surface area (Å²) >= 11 is 0. The summed E-state index contributed by atoms with van der Waals surface area (Å²) in [6.07, 6.45) is 1.30. The zero-order valence-electron chi connectivity index (χ0n) is 14.5. The minimum atomic E-state index is -0.521. The van der Waals surface area contributed by atoms with Gasteiger partial charge in [0.05, 0.1) is 7.11 Å². The number of hydrogen-bond acceptors (Lipinski definition) is 6. The molecule has 2 heterocycles. The van der Waals surface area contributed by atoms with Crippen LogP contribution < -0.4 is 14.4 Å². The molecule has 1 saturated heterocycles. The third kappa shape index (κ3) is 5.08. The second-order valence-electron chi connectivity index (χ2n) is 6.12. The summed E-state index contributed by atoms with van der Waals surface area (Å²) in [5.74, 6) is 2.47. The number of rotatable bonds is 7. The van der Waals surface area contributed by atoms with E-state index in [-0.39, 0.29) is 6.61 Å². The first kappa shape index (κ1) is 17.5. The fourth-order valence-electron chi connectivity index (χ4n) is 2.93. The standard InChI is InChI=1S/C19H25N3O3/c1-24-17-5-4-6-18(13-17)25-15-16(23)14-21-9-11-22(12-10-21)19-7-2-3-8-20-19/h2-8,13,16,23H,9-12,14-15H2,1H3/t16-/m0/s1. The molecular weight excluding hydrogens is 318 g/mol. The van der Waals surface area contributed by atoms with E-state index in [1.54, 1.807) is 7.11 Å². The SMILES string of the molecule is COc1cccc(OC[C@@H](O)CN2CCN(c3ccccn3)CC2)c1. The highest BCUT2D eigenvalue weighted by atomic mass is 16.5. The van der Waals surface area contributed by atoms with E-state index < -0.39 is 6.10 Å². The van der Waals surface area contributed by atoms with E-state index in [0.29, 0.717) is 12.3 Å². The fraction of sp³-hybridized carbons (Fsp3) is 0.421. The third-order valence-electron chi connectivity index (χ3n) is 4.30. The molecule has 0 saturated carbocycles. The number of β-amino-alcohol motifs (C(OH)–C–C–N with tert-alkyl or cyclic N) is 1. The van der Waals surface area contributed by atoms with Crippen LogP contribution in [0.2, 0.25) is 0 Å². The minimum absolute atomic E-state index is 0.271. The summed E-state index contributed by atoms with van der Waals surface area (Å²) < 4.78 is 10.8. The number of aromatic nitrogens is 1. The van der Waals surface area contributed by atoms with E-state index >= 15 is 0 Å². The van der Waals surface area contributed by atoms with Crippen LogP contribution in [-0.2, 0) is 0 Å². The number of hydrogen-bond donors (Lipinski definition) is 1. The number of methoxy groups -OCH3 is 1. The van der Waals surface area contributed by atoms with Gasteiger partial charge in [0.25, 0.3) is 0 Å².